The second kappa shape index (κ2) is 7.62. The Hall–Kier alpha value is -1.84. The van der Waals surface area contributed by atoms with E-state index in [-0.39, 0.29) is 12.0 Å². The lowest BCUT2D eigenvalue weighted by atomic mass is 10.1. The van der Waals surface area contributed by atoms with Gasteiger partial charge in [0.15, 0.2) is 0 Å². The van der Waals surface area contributed by atoms with Gasteiger partial charge in [-0.05, 0) is 36.6 Å². The molecule has 1 aliphatic heterocycles. The fourth-order valence-corrected chi connectivity index (χ4v) is 3.04. The number of rotatable bonds is 4. The van der Waals surface area contributed by atoms with Crippen molar-refractivity contribution in [1.29, 1.82) is 0 Å². The van der Waals surface area contributed by atoms with Crippen LogP contribution in [0.1, 0.15) is 28.8 Å². The highest BCUT2D eigenvalue weighted by molar-refractivity contribution is 6.31. The number of likely N-dealkylation sites (tertiary alicyclic amines) is 1. The lowest BCUT2D eigenvalue weighted by Gasteiger charge is -2.32. The number of hydrogen-bond donors (Lipinski definition) is 0. The Bertz CT molecular complexity index is 659. The maximum absolute atomic E-state index is 12.5. The summed E-state index contributed by atoms with van der Waals surface area (Å²) in [5, 5.41) is 0.723. The predicted molar refractivity (Wildman–Crippen MR) is 91.6 cm³/mol. The number of benzene rings is 2. The van der Waals surface area contributed by atoms with Crippen LogP contribution in [-0.2, 0) is 11.3 Å². The summed E-state index contributed by atoms with van der Waals surface area (Å²) < 4.78 is 5.99. The smallest absolute Gasteiger partial charge is 0.253 e. The zero-order valence-electron chi connectivity index (χ0n) is 13.0. The van der Waals surface area contributed by atoms with Crippen molar-refractivity contribution in [3.63, 3.8) is 0 Å². The van der Waals surface area contributed by atoms with Gasteiger partial charge in [0.25, 0.3) is 5.91 Å². The third kappa shape index (κ3) is 4.12. The van der Waals surface area contributed by atoms with Crippen LogP contribution in [0, 0.1) is 0 Å². The van der Waals surface area contributed by atoms with E-state index in [2.05, 4.69) is 0 Å². The molecule has 1 aliphatic rings. The van der Waals surface area contributed by atoms with E-state index in [0.717, 1.165) is 35.5 Å². The normalized spacial score (nSPS) is 18.0. The standard InChI is InChI=1S/C19H20ClNO2/c20-18-11-5-4-9-16(18)14-23-17-10-6-12-21(13-17)19(22)15-7-2-1-3-8-15/h1-5,7-9,11,17H,6,10,12-14H2. The summed E-state index contributed by atoms with van der Waals surface area (Å²) in [6, 6.07) is 17.1. The number of carbonyl (C=O) groups is 1. The molecule has 0 aliphatic carbocycles. The molecule has 0 saturated carbocycles. The van der Waals surface area contributed by atoms with Gasteiger partial charge in [-0.15, -0.1) is 0 Å². The summed E-state index contributed by atoms with van der Waals surface area (Å²) in [4.78, 5) is 14.4. The van der Waals surface area contributed by atoms with Gasteiger partial charge in [-0.1, -0.05) is 48.0 Å². The van der Waals surface area contributed by atoms with Gasteiger partial charge in [-0.25, -0.2) is 0 Å². The number of amides is 1. The van der Waals surface area contributed by atoms with Crippen LogP contribution >= 0.6 is 11.6 Å². The van der Waals surface area contributed by atoms with Gasteiger partial charge in [0.2, 0.25) is 0 Å². The molecule has 0 radical (unpaired) electrons. The Kier molecular flexibility index (Phi) is 5.31. The molecule has 3 nitrogen and oxygen atoms in total. The summed E-state index contributed by atoms with van der Waals surface area (Å²) in [7, 11) is 0. The average molecular weight is 330 g/mol. The molecule has 0 spiro atoms. The van der Waals surface area contributed by atoms with Gasteiger partial charge < -0.3 is 9.64 Å². The molecular formula is C19H20ClNO2. The molecule has 3 rings (SSSR count). The SMILES string of the molecule is O=C(c1ccccc1)N1CCCC(OCc2ccccc2Cl)C1. The molecule has 1 amide bonds. The Morgan fingerprint density at radius 1 is 1.13 bits per heavy atom. The van der Waals surface area contributed by atoms with Gasteiger partial charge >= 0.3 is 0 Å². The predicted octanol–water partition coefficient (Wildman–Crippen LogP) is 4.16. The molecule has 2 aromatic carbocycles. The van der Waals surface area contributed by atoms with Crippen molar-refractivity contribution in [2.45, 2.75) is 25.6 Å². The molecule has 0 aromatic heterocycles. The van der Waals surface area contributed by atoms with Gasteiger partial charge in [-0.2, -0.15) is 0 Å². The number of hydrogen-bond acceptors (Lipinski definition) is 2. The molecule has 1 saturated heterocycles. The van der Waals surface area contributed by atoms with Crippen molar-refractivity contribution >= 4 is 17.5 Å². The molecule has 1 atom stereocenters. The molecule has 120 valence electrons. The monoisotopic (exact) mass is 329 g/mol. The van der Waals surface area contributed by atoms with Crippen LogP contribution in [-0.4, -0.2) is 30.0 Å². The van der Waals surface area contributed by atoms with E-state index in [1.54, 1.807) is 0 Å². The van der Waals surface area contributed by atoms with E-state index in [0.29, 0.717) is 13.2 Å². The Balaban J connectivity index is 1.58. The Morgan fingerprint density at radius 2 is 1.87 bits per heavy atom. The molecule has 0 N–H and O–H groups in total. The summed E-state index contributed by atoms with van der Waals surface area (Å²) >= 11 is 6.16. The maximum Gasteiger partial charge on any atom is 0.253 e. The molecule has 1 fully saturated rings. The topological polar surface area (TPSA) is 29.5 Å². The molecule has 4 heteroatoms. The first-order valence-corrected chi connectivity index (χ1v) is 8.31. The van der Waals surface area contributed by atoms with Gasteiger partial charge in [0, 0.05) is 23.7 Å². The quantitative estimate of drug-likeness (QED) is 0.843. The minimum Gasteiger partial charge on any atom is -0.372 e. The lowest BCUT2D eigenvalue weighted by Crippen LogP contribution is -2.43. The van der Waals surface area contributed by atoms with Crippen molar-refractivity contribution in [3.05, 3.63) is 70.7 Å². The maximum atomic E-state index is 12.5. The van der Waals surface area contributed by atoms with Gasteiger partial charge in [0.05, 0.1) is 12.7 Å². The van der Waals surface area contributed by atoms with Crippen LogP contribution in [0.2, 0.25) is 5.02 Å². The number of carbonyl (C=O) groups excluding carboxylic acids is 1. The minimum absolute atomic E-state index is 0.0627. The number of ether oxygens (including phenoxy) is 1. The minimum atomic E-state index is 0.0627. The van der Waals surface area contributed by atoms with E-state index in [9.17, 15) is 4.79 Å². The highest BCUT2D eigenvalue weighted by Gasteiger charge is 2.25. The zero-order chi connectivity index (χ0) is 16.1. The van der Waals surface area contributed by atoms with E-state index in [4.69, 9.17) is 16.3 Å². The van der Waals surface area contributed by atoms with Gasteiger partial charge in [0.1, 0.15) is 0 Å². The van der Waals surface area contributed by atoms with Crippen LogP contribution in [0.3, 0.4) is 0 Å². The van der Waals surface area contributed by atoms with E-state index in [1.165, 1.54) is 0 Å². The molecule has 0 bridgehead atoms. The highest BCUT2D eigenvalue weighted by atomic mass is 35.5. The first-order valence-electron chi connectivity index (χ1n) is 7.93. The van der Waals surface area contributed by atoms with Crippen molar-refractivity contribution in [3.8, 4) is 0 Å². The summed E-state index contributed by atoms with van der Waals surface area (Å²) in [6.07, 6.45) is 2.00. The fourth-order valence-electron chi connectivity index (χ4n) is 2.85. The van der Waals surface area contributed by atoms with E-state index in [1.807, 2.05) is 59.5 Å². The number of halogens is 1. The second-order valence-electron chi connectivity index (χ2n) is 5.78. The van der Waals surface area contributed by atoms with Crippen molar-refractivity contribution in [1.82, 2.24) is 4.90 Å². The fraction of sp³-hybridized carbons (Fsp3) is 0.316. The van der Waals surface area contributed by atoms with Crippen molar-refractivity contribution in [2.24, 2.45) is 0 Å². The number of nitrogens with zero attached hydrogens (tertiary/aromatic N) is 1. The Labute approximate surface area is 141 Å². The van der Waals surface area contributed by atoms with Crippen molar-refractivity contribution < 1.29 is 9.53 Å². The summed E-state index contributed by atoms with van der Waals surface area (Å²) in [5.74, 6) is 0.0802. The van der Waals surface area contributed by atoms with Crippen LogP contribution in [0.15, 0.2) is 54.6 Å². The van der Waals surface area contributed by atoms with E-state index < -0.39 is 0 Å². The van der Waals surface area contributed by atoms with Crippen molar-refractivity contribution in [2.75, 3.05) is 13.1 Å². The van der Waals surface area contributed by atoms with Crippen LogP contribution in [0.4, 0.5) is 0 Å². The van der Waals surface area contributed by atoms with E-state index >= 15 is 0 Å². The van der Waals surface area contributed by atoms with Gasteiger partial charge in [-0.3, -0.25) is 4.79 Å². The first-order chi connectivity index (χ1) is 11.2. The lowest BCUT2D eigenvalue weighted by molar-refractivity contribution is -0.00670. The highest BCUT2D eigenvalue weighted by Crippen LogP contribution is 2.20. The molecule has 1 heterocycles. The Morgan fingerprint density at radius 3 is 2.65 bits per heavy atom. The van der Waals surface area contributed by atoms with Crippen LogP contribution < -0.4 is 0 Å². The zero-order valence-corrected chi connectivity index (χ0v) is 13.7. The first kappa shape index (κ1) is 16.0. The number of piperidine rings is 1. The third-order valence-corrected chi connectivity index (χ3v) is 4.49. The molecule has 2 aromatic rings. The summed E-state index contributed by atoms with van der Waals surface area (Å²) in [5.41, 5.74) is 1.72. The molecule has 23 heavy (non-hydrogen) atoms. The van der Waals surface area contributed by atoms with Crippen LogP contribution in [0.25, 0.3) is 0 Å². The molecule has 1 unspecified atom stereocenters. The second-order valence-corrected chi connectivity index (χ2v) is 6.19. The van der Waals surface area contributed by atoms with Crippen LogP contribution in [0.5, 0.6) is 0 Å². The largest absolute Gasteiger partial charge is 0.372 e. The summed E-state index contributed by atoms with van der Waals surface area (Å²) in [6.45, 7) is 1.91. The average Bonchev–Trinajstić information content (AvgIpc) is 2.61. The third-order valence-electron chi connectivity index (χ3n) is 4.12. The molecular weight excluding hydrogens is 310 g/mol.